The number of allylic oxidation sites excluding steroid dienone is 2. The first-order valence-electron chi connectivity index (χ1n) is 5.57. The third-order valence-electron chi connectivity index (χ3n) is 2.79. The Kier molecular flexibility index (Phi) is 4.25. The van der Waals surface area contributed by atoms with Gasteiger partial charge in [0.2, 0.25) is 0 Å². The van der Waals surface area contributed by atoms with Gasteiger partial charge in [-0.1, -0.05) is 33.6 Å². The molecule has 1 heterocycles. The van der Waals surface area contributed by atoms with Crippen LogP contribution in [0.25, 0.3) is 10.9 Å². The molecule has 2 rings (SSSR count). The molecule has 0 N–H and O–H groups in total. The van der Waals surface area contributed by atoms with Crippen molar-refractivity contribution in [1.82, 2.24) is 4.98 Å². The molecule has 0 saturated heterocycles. The van der Waals surface area contributed by atoms with Gasteiger partial charge in [-0.3, -0.25) is 4.98 Å². The number of aryl methyl sites for hydroxylation is 1. The van der Waals surface area contributed by atoms with Gasteiger partial charge in [-0.2, -0.15) is 4.90 Å². The average molecular weight is 342 g/mol. The van der Waals surface area contributed by atoms with Crippen molar-refractivity contribution in [3.8, 4) is 0 Å². The Bertz CT molecular complexity index is 633. The predicted molar refractivity (Wildman–Crippen MR) is 83.1 cm³/mol. The quantitative estimate of drug-likeness (QED) is 0.721. The van der Waals surface area contributed by atoms with E-state index in [1.54, 1.807) is 0 Å². The van der Waals surface area contributed by atoms with Gasteiger partial charge in [0, 0.05) is 15.2 Å². The summed E-state index contributed by atoms with van der Waals surface area (Å²) in [6.45, 7) is 3.86. The number of pyridine rings is 1. The first-order chi connectivity index (χ1) is 8.49. The third kappa shape index (κ3) is 2.85. The van der Waals surface area contributed by atoms with Crippen molar-refractivity contribution >= 4 is 51.1 Å². The molecular weight excluding hydrogens is 330 g/mol. The lowest BCUT2D eigenvalue weighted by Crippen LogP contribution is -1.97. The molecule has 0 bridgehead atoms. The number of benzene rings is 1. The lowest BCUT2D eigenvalue weighted by molar-refractivity contribution is 1.08. The van der Waals surface area contributed by atoms with Crippen molar-refractivity contribution in [3.63, 3.8) is 0 Å². The zero-order valence-electron chi connectivity index (χ0n) is 10.1. The van der Waals surface area contributed by atoms with E-state index in [2.05, 4.69) is 20.9 Å². The van der Waals surface area contributed by atoms with Gasteiger partial charge in [0.05, 0.1) is 5.52 Å². The number of fused-ring (bicyclic) bond motifs is 1. The molecule has 0 unspecified atom stereocenters. The molecule has 0 aliphatic carbocycles. The second-order valence-corrected chi connectivity index (χ2v) is 6.08. The number of hydrogen-bond acceptors (Lipinski definition) is 2. The Balaban J connectivity index is 2.63. The van der Waals surface area contributed by atoms with Crippen LogP contribution in [0.2, 0.25) is 0 Å². The minimum Gasteiger partial charge on any atom is -0.779 e. The van der Waals surface area contributed by atoms with Gasteiger partial charge in [-0.05, 0) is 49.4 Å². The Morgan fingerprint density at radius 2 is 2.22 bits per heavy atom. The molecule has 4 heteroatoms. The molecular formula is C14H12BrClNS-. The topological polar surface area (TPSA) is 12.9 Å². The summed E-state index contributed by atoms with van der Waals surface area (Å²) in [5.74, 6) is 0. The first kappa shape index (κ1) is 13.8. The maximum Gasteiger partial charge on any atom is 0.0691 e. The number of rotatable bonds is 2. The van der Waals surface area contributed by atoms with Crippen LogP contribution in [-0.4, -0.2) is 4.98 Å². The van der Waals surface area contributed by atoms with Crippen LogP contribution in [0.5, 0.6) is 0 Å². The summed E-state index contributed by atoms with van der Waals surface area (Å²) in [6, 6.07) is 5.98. The molecule has 0 fully saturated rings. The normalized spacial score (nSPS) is 12.1. The smallest absolute Gasteiger partial charge is 0.0691 e. The average Bonchev–Trinajstić information content (AvgIpc) is 2.30. The van der Waals surface area contributed by atoms with Gasteiger partial charge < -0.3 is 12.6 Å². The molecule has 0 aliphatic heterocycles. The van der Waals surface area contributed by atoms with Gasteiger partial charge in [0.25, 0.3) is 0 Å². The molecule has 1 aromatic carbocycles. The fraction of sp³-hybridized carbons (Fsp3) is 0.214. The second-order valence-electron chi connectivity index (χ2n) is 4.16. The van der Waals surface area contributed by atoms with Crippen LogP contribution in [0, 0.1) is 6.92 Å². The number of aromatic nitrogens is 1. The highest BCUT2D eigenvalue weighted by molar-refractivity contribution is 9.10. The molecule has 0 saturated carbocycles. The largest absolute Gasteiger partial charge is 0.779 e. The second kappa shape index (κ2) is 5.55. The van der Waals surface area contributed by atoms with Crippen LogP contribution in [0.1, 0.15) is 18.2 Å². The molecule has 94 valence electrons. The molecule has 0 atom stereocenters. The van der Waals surface area contributed by atoms with E-state index in [-0.39, 0.29) is 0 Å². The van der Waals surface area contributed by atoms with E-state index in [0.717, 1.165) is 43.0 Å². The summed E-state index contributed by atoms with van der Waals surface area (Å²) in [5.41, 5.74) is 3.00. The summed E-state index contributed by atoms with van der Waals surface area (Å²) in [4.78, 5) is 5.46. The van der Waals surface area contributed by atoms with Gasteiger partial charge >= 0.3 is 0 Å². The summed E-state index contributed by atoms with van der Waals surface area (Å²) >= 11 is 14.9. The zero-order valence-corrected chi connectivity index (χ0v) is 13.3. The summed E-state index contributed by atoms with van der Waals surface area (Å²) in [6.07, 6.45) is 2.70. The number of halogens is 2. The summed E-state index contributed by atoms with van der Waals surface area (Å²) < 4.78 is 1.02. The standard InChI is InChI=1S/C14H13BrClNS/c1-8(16)3-5-11-9(2)17-13-6-4-10(15)7-12(13)14(11)18/h3-4,6-7H,5H2,1-2H3,(H,17,18)/p-1/b8-3+. The van der Waals surface area contributed by atoms with Gasteiger partial charge in [-0.25, -0.2) is 0 Å². The van der Waals surface area contributed by atoms with E-state index in [9.17, 15) is 0 Å². The molecule has 0 radical (unpaired) electrons. The number of hydrogen-bond donors (Lipinski definition) is 0. The Morgan fingerprint density at radius 3 is 2.89 bits per heavy atom. The van der Waals surface area contributed by atoms with Crippen LogP contribution in [0.4, 0.5) is 0 Å². The van der Waals surface area contributed by atoms with E-state index in [0.29, 0.717) is 0 Å². The van der Waals surface area contributed by atoms with Crippen LogP contribution < -0.4 is 0 Å². The molecule has 1 nitrogen and oxygen atoms in total. The molecule has 0 aliphatic rings. The van der Waals surface area contributed by atoms with Crippen LogP contribution >= 0.6 is 27.5 Å². The lowest BCUT2D eigenvalue weighted by atomic mass is 10.1. The Morgan fingerprint density at radius 1 is 1.50 bits per heavy atom. The van der Waals surface area contributed by atoms with E-state index >= 15 is 0 Å². The van der Waals surface area contributed by atoms with E-state index in [1.807, 2.05) is 38.1 Å². The Labute approximate surface area is 126 Å². The maximum absolute atomic E-state index is 5.87. The number of nitrogens with zero attached hydrogens (tertiary/aromatic N) is 1. The van der Waals surface area contributed by atoms with Crippen LogP contribution in [-0.2, 0) is 19.0 Å². The van der Waals surface area contributed by atoms with Crippen molar-refractivity contribution < 1.29 is 0 Å². The van der Waals surface area contributed by atoms with Crippen molar-refractivity contribution in [2.24, 2.45) is 0 Å². The minimum atomic E-state index is 0.732. The summed E-state index contributed by atoms with van der Waals surface area (Å²) in [7, 11) is 0. The van der Waals surface area contributed by atoms with E-state index < -0.39 is 0 Å². The van der Waals surface area contributed by atoms with Crippen molar-refractivity contribution in [2.75, 3.05) is 0 Å². The van der Waals surface area contributed by atoms with Gasteiger partial charge in [0.1, 0.15) is 0 Å². The van der Waals surface area contributed by atoms with Crippen molar-refractivity contribution in [1.29, 1.82) is 0 Å². The van der Waals surface area contributed by atoms with Crippen molar-refractivity contribution in [3.05, 3.63) is 45.0 Å². The fourth-order valence-electron chi connectivity index (χ4n) is 1.85. The van der Waals surface area contributed by atoms with Crippen LogP contribution in [0.3, 0.4) is 0 Å². The third-order valence-corrected chi connectivity index (χ3v) is 3.90. The van der Waals surface area contributed by atoms with Crippen molar-refractivity contribution in [2.45, 2.75) is 25.2 Å². The molecule has 0 amide bonds. The highest BCUT2D eigenvalue weighted by Crippen LogP contribution is 2.26. The lowest BCUT2D eigenvalue weighted by Gasteiger charge is -2.19. The molecule has 0 spiro atoms. The summed E-state index contributed by atoms with van der Waals surface area (Å²) in [5, 5.41) is 1.79. The molecule has 18 heavy (non-hydrogen) atoms. The van der Waals surface area contributed by atoms with E-state index in [1.165, 1.54) is 0 Å². The minimum absolute atomic E-state index is 0.732. The molecule has 2 aromatic rings. The first-order valence-corrected chi connectivity index (χ1v) is 7.15. The Hall–Kier alpha value is -0.640. The highest BCUT2D eigenvalue weighted by atomic mass is 79.9. The zero-order chi connectivity index (χ0) is 13.3. The van der Waals surface area contributed by atoms with Gasteiger partial charge in [0.15, 0.2) is 0 Å². The highest BCUT2D eigenvalue weighted by Gasteiger charge is 2.04. The van der Waals surface area contributed by atoms with Gasteiger partial charge in [-0.15, -0.1) is 0 Å². The van der Waals surface area contributed by atoms with Crippen LogP contribution in [0.15, 0.2) is 38.7 Å². The SMILES string of the molecule is C/C(Cl)=C\Cc1c(C)nc2ccc(Br)cc2c1[S-]. The fourth-order valence-corrected chi connectivity index (χ4v) is 2.68. The monoisotopic (exact) mass is 340 g/mol. The van der Waals surface area contributed by atoms with E-state index in [4.69, 9.17) is 24.2 Å². The predicted octanol–water partition coefficient (Wildman–Crippen LogP) is 4.90. The molecule has 1 aromatic heterocycles. The maximum atomic E-state index is 5.87.